The molecule has 0 aliphatic heterocycles. The highest BCUT2D eigenvalue weighted by atomic mass is 35.5. The molecule has 3 aromatic rings. The predicted octanol–water partition coefficient (Wildman–Crippen LogP) is 6.82. The molecule has 0 aliphatic carbocycles. The molecule has 3 rings (SSSR count). The van der Waals surface area contributed by atoms with Crippen molar-refractivity contribution in [2.75, 3.05) is 0 Å². The van der Waals surface area contributed by atoms with Crippen molar-refractivity contribution in [3.8, 4) is 11.1 Å². The van der Waals surface area contributed by atoms with E-state index in [1.54, 1.807) is 52.0 Å². The van der Waals surface area contributed by atoms with Gasteiger partial charge in [-0.05, 0) is 68.7 Å². The van der Waals surface area contributed by atoms with Gasteiger partial charge in [0.2, 0.25) is 0 Å². The minimum Gasteiger partial charge on any atom is -0.479 e. The normalized spacial score (nSPS) is 13.4. The van der Waals surface area contributed by atoms with Crippen LogP contribution in [0.25, 0.3) is 22.0 Å². The first-order chi connectivity index (χ1) is 14.3. The third kappa shape index (κ3) is 4.99. The van der Waals surface area contributed by atoms with Crippen molar-refractivity contribution < 1.29 is 27.8 Å². The van der Waals surface area contributed by atoms with Crippen LogP contribution in [-0.2, 0) is 15.7 Å². The molecule has 1 atom stereocenters. The van der Waals surface area contributed by atoms with Crippen LogP contribution in [0.3, 0.4) is 0 Å². The zero-order valence-electron chi connectivity index (χ0n) is 17.3. The molecule has 0 bridgehead atoms. The lowest BCUT2D eigenvalue weighted by Crippen LogP contribution is -2.28. The van der Waals surface area contributed by atoms with Crippen LogP contribution in [0.4, 0.5) is 13.2 Å². The van der Waals surface area contributed by atoms with Gasteiger partial charge < -0.3 is 9.84 Å². The Morgan fingerprint density at radius 1 is 1.10 bits per heavy atom. The molecule has 1 heterocycles. The van der Waals surface area contributed by atoms with Crippen LogP contribution in [0.5, 0.6) is 0 Å². The minimum atomic E-state index is -4.60. The summed E-state index contributed by atoms with van der Waals surface area (Å²) in [5.74, 6) is -1.20. The Labute approximate surface area is 182 Å². The molecule has 0 amide bonds. The van der Waals surface area contributed by atoms with Gasteiger partial charge >= 0.3 is 12.1 Å². The molecule has 0 saturated heterocycles. The number of carboxylic acid groups (broad SMARTS) is 1. The lowest BCUT2D eigenvalue weighted by molar-refractivity contribution is -0.160. The number of carbonyl (C=O) groups is 1. The first-order valence-corrected chi connectivity index (χ1v) is 9.84. The minimum absolute atomic E-state index is 0.112. The molecule has 0 aliphatic rings. The van der Waals surface area contributed by atoms with Gasteiger partial charge in [0, 0.05) is 16.0 Å². The Balaban J connectivity index is 2.40. The van der Waals surface area contributed by atoms with E-state index in [0.717, 1.165) is 6.07 Å². The first kappa shape index (κ1) is 23.0. The molecule has 8 heteroatoms. The number of pyridine rings is 1. The number of halogens is 4. The van der Waals surface area contributed by atoms with Crippen LogP contribution < -0.4 is 0 Å². The lowest BCUT2D eigenvalue weighted by atomic mass is 9.88. The standard InChI is InChI=1S/C23H21ClF3NO3/c1-12-11-16-15(9-10-17(28-16)23(25,26)27)19(13-5-7-14(24)8-6-13)18(12)20(21(29)30)31-22(2,3)4/h5-11,20H,1-4H3,(H,29,30). The van der Waals surface area contributed by atoms with Gasteiger partial charge in [0.25, 0.3) is 0 Å². The molecule has 0 radical (unpaired) electrons. The summed E-state index contributed by atoms with van der Waals surface area (Å²) in [7, 11) is 0. The summed E-state index contributed by atoms with van der Waals surface area (Å²) >= 11 is 6.00. The number of nitrogens with zero attached hydrogens (tertiary/aromatic N) is 1. The number of alkyl halides is 3. The van der Waals surface area contributed by atoms with Crippen molar-refractivity contribution in [3.05, 3.63) is 64.3 Å². The van der Waals surface area contributed by atoms with Gasteiger partial charge in [-0.3, -0.25) is 0 Å². The number of ether oxygens (including phenoxy) is 1. The average Bonchev–Trinajstić information content (AvgIpc) is 2.64. The van der Waals surface area contributed by atoms with Crippen molar-refractivity contribution >= 4 is 28.5 Å². The van der Waals surface area contributed by atoms with Crippen molar-refractivity contribution in [2.45, 2.75) is 45.6 Å². The molecule has 0 saturated carbocycles. The fraction of sp³-hybridized carbons (Fsp3) is 0.304. The maximum Gasteiger partial charge on any atom is 0.433 e. The second-order valence-electron chi connectivity index (χ2n) is 8.20. The van der Waals surface area contributed by atoms with E-state index in [0.29, 0.717) is 32.7 Å². The molecule has 0 fully saturated rings. The first-order valence-electron chi connectivity index (χ1n) is 9.46. The zero-order valence-corrected chi connectivity index (χ0v) is 18.1. The van der Waals surface area contributed by atoms with Crippen molar-refractivity contribution in [1.82, 2.24) is 4.98 Å². The van der Waals surface area contributed by atoms with Crippen molar-refractivity contribution in [1.29, 1.82) is 0 Å². The third-order valence-electron chi connectivity index (χ3n) is 4.62. The summed E-state index contributed by atoms with van der Waals surface area (Å²) < 4.78 is 45.5. The number of fused-ring (bicyclic) bond motifs is 1. The van der Waals surface area contributed by atoms with Gasteiger partial charge in [0.1, 0.15) is 5.69 Å². The number of aryl methyl sites for hydroxylation is 1. The summed E-state index contributed by atoms with van der Waals surface area (Å²) in [5, 5.41) is 10.8. The van der Waals surface area contributed by atoms with E-state index >= 15 is 0 Å². The van der Waals surface area contributed by atoms with Gasteiger partial charge in [-0.25, -0.2) is 9.78 Å². The summed E-state index contributed by atoms with van der Waals surface area (Å²) in [6.45, 7) is 6.84. The molecule has 1 unspecified atom stereocenters. The third-order valence-corrected chi connectivity index (χ3v) is 4.87. The van der Waals surface area contributed by atoms with E-state index in [4.69, 9.17) is 16.3 Å². The Morgan fingerprint density at radius 2 is 1.71 bits per heavy atom. The SMILES string of the molecule is Cc1cc2nc(C(F)(F)F)ccc2c(-c2ccc(Cl)cc2)c1C(OC(C)(C)C)C(=O)O. The molecule has 31 heavy (non-hydrogen) atoms. The van der Waals surface area contributed by atoms with Crippen LogP contribution >= 0.6 is 11.6 Å². The van der Waals surface area contributed by atoms with Crippen LogP contribution in [-0.4, -0.2) is 21.7 Å². The van der Waals surface area contributed by atoms with Crippen molar-refractivity contribution in [3.63, 3.8) is 0 Å². The Kier molecular flexibility index (Phi) is 6.04. The molecule has 4 nitrogen and oxygen atoms in total. The molecule has 0 spiro atoms. The Morgan fingerprint density at radius 3 is 2.23 bits per heavy atom. The fourth-order valence-electron chi connectivity index (χ4n) is 3.43. The van der Waals surface area contributed by atoms with Crippen LogP contribution in [0.2, 0.25) is 5.02 Å². The topological polar surface area (TPSA) is 59.4 Å². The molecule has 1 aromatic heterocycles. The number of aliphatic carboxylic acids is 1. The summed E-state index contributed by atoms with van der Waals surface area (Å²) in [6, 6.07) is 10.3. The number of carboxylic acids is 1. The highest BCUT2D eigenvalue weighted by Crippen LogP contribution is 2.41. The number of rotatable bonds is 4. The lowest BCUT2D eigenvalue weighted by Gasteiger charge is -2.28. The van der Waals surface area contributed by atoms with E-state index < -0.39 is 29.5 Å². The monoisotopic (exact) mass is 451 g/mol. The molecular formula is C23H21ClF3NO3. The van der Waals surface area contributed by atoms with Gasteiger partial charge in [0.15, 0.2) is 6.10 Å². The van der Waals surface area contributed by atoms with Gasteiger partial charge in [-0.15, -0.1) is 0 Å². The molecular weight excluding hydrogens is 431 g/mol. The van der Waals surface area contributed by atoms with Gasteiger partial charge in [-0.2, -0.15) is 13.2 Å². The quantitative estimate of drug-likeness (QED) is 0.472. The highest BCUT2D eigenvalue weighted by Gasteiger charge is 2.34. The second-order valence-corrected chi connectivity index (χ2v) is 8.63. The van der Waals surface area contributed by atoms with Crippen LogP contribution in [0, 0.1) is 6.92 Å². The summed E-state index contributed by atoms with van der Waals surface area (Å²) in [4.78, 5) is 16.0. The number of hydrogen-bond donors (Lipinski definition) is 1. The zero-order chi connectivity index (χ0) is 23.1. The summed E-state index contributed by atoms with van der Waals surface area (Å²) in [5.41, 5.74) is 0.179. The summed E-state index contributed by atoms with van der Waals surface area (Å²) in [6.07, 6.45) is -5.93. The van der Waals surface area contributed by atoms with Crippen LogP contribution in [0.15, 0.2) is 42.5 Å². The number of aromatic nitrogens is 1. The van der Waals surface area contributed by atoms with Gasteiger partial charge in [-0.1, -0.05) is 29.8 Å². The Bertz CT molecular complexity index is 1140. The predicted molar refractivity (Wildman–Crippen MR) is 113 cm³/mol. The van der Waals surface area contributed by atoms with E-state index in [-0.39, 0.29) is 5.52 Å². The maximum atomic E-state index is 13.2. The van der Waals surface area contributed by atoms with Gasteiger partial charge in [0.05, 0.1) is 11.1 Å². The largest absolute Gasteiger partial charge is 0.479 e. The van der Waals surface area contributed by atoms with Crippen LogP contribution in [0.1, 0.15) is 43.7 Å². The van der Waals surface area contributed by atoms with E-state index in [1.807, 2.05) is 0 Å². The second kappa shape index (κ2) is 8.13. The van der Waals surface area contributed by atoms with Crippen molar-refractivity contribution in [2.24, 2.45) is 0 Å². The number of hydrogen-bond acceptors (Lipinski definition) is 3. The van der Waals surface area contributed by atoms with E-state index in [9.17, 15) is 23.1 Å². The number of benzene rings is 2. The Hall–Kier alpha value is -2.64. The highest BCUT2D eigenvalue weighted by molar-refractivity contribution is 6.30. The average molecular weight is 452 g/mol. The smallest absolute Gasteiger partial charge is 0.433 e. The van der Waals surface area contributed by atoms with E-state index in [1.165, 1.54) is 12.1 Å². The maximum absolute atomic E-state index is 13.2. The molecule has 2 aromatic carbocycles. The fourth-order valence-corrected chi connectivity index (χ4v) is 3.56. The van der Waals surface area contributed by atoms with E-state index in [2.05, 4.69) is 4.98 Å². The molecule has 1 N–H and O–H groups in total. The molecule has 164 valence electrons.